The third kappa shape index (κ3) is 9.14. The van der Waals surface area contributed by atoms with E-state index in [0.29, 0.717) is 0 Å². The first-order chi connectivity index (χ1) is 11.5. The molecule has 0 atom stereocenters. The van der Waals surface area contributed by atoms with Crippen LogP contribution in [0.3, 0.4) is 0 Å². The molecule has 0 aromatic carbocycles. The third-order valence-corrected chi connectivity index (χ3v) is 14.8. The molecule has 0 radical (unpaired) electrons. The van der Waals surface area contributed by atoms with E-state index in [4.69, 9.17) is 4.74 Å². The standard InChI is InChI=1S/C17H28Br6O2/c1-3-4-5-6-7-8-9-10-11-12-13-15(18,19)17(22,23)16(20,21)14(24)25-2/h3-13H2,1-2H3. The van der Waals surface area contributed by atoms with Crippen LogP contribution in [-0.4, -0.2) is 22.8 Å². The largest absolute Gasteiger partial charge is 0.467 e. The molecular formula is C17H28Br6O2. The minimum Gasteiger partial charge on any atom is -0.467 e. The van der Waals surface area contributed by atoms with Gasteiger partial charge in [-0.25, -0.2) is 4.79 Å². The molecule has 0 spiro atoms. The van der Waals surface area contributed by atoms with Crippen LogP contribution in [0.25, 0.3) is 0 Å². The summed E-state index contributed by atoms with van der Waals surface area (Å²) in [5, 5.41) is 0. The molecule has 0 aliphatic carbocycles. The van der Waals surface area contributed by atoms with Gasteiger partial charge in [0.15, 0.2) is 0 Å². The van der Waals surface area contributed by atoms with Gasteiger partial charge in [0.25, 0.3) is 0 Å². The van der Waals surface area contributed by atoms with E-state index in [9.17, 15) is 4.79 Å². The lowest BCUT2D eigenvalue weighted by Gasteiger charge is -2.41. The molecule has 0 saturated carbocycles. The Morgan fingerprint density at radius 1 is 0.760 bits per heavy atom. The number of carbonyl (C=O) groups excluding carboxylic acids is 1. The Balaban J connectivity index is 4.17. The number of esters is 1. The van der Waals surface area contributed by atoms with Crippen molar-refractivity contribution in [1.29, 1.82) is 0 Å². The van der Waals surface area contributed by atoms with Crippen LogP contribution in [-0.2, 0) is 9.53 Å². The van der Waals surface area contributed by atoms with Gasteiger partial charge in [-0.1, -0.05) is 167 Å². The van der Waals surface area contributed by atoms with Gasteiger partial charge in [-0.2, -0.15) is 0 Å². The summed E-state index contributed by atoms with van der Waals surface area (Å²) >= 11 is 21.5. The predicted molar refractivity (Wildman–Crippen MR) is 130 cm³/mol. The highest BCUT2D eigenvalue weighted by molar-refractivity contribution is 9.33. The number of ether oxygens (including phenoxy) is 1. The summed E-state index contributed by atoms with van der Waals surface area (Å²) in [6, 6.07) is 0. The average molecular weight is 744 g/mol. The van der Waals surface area contributed by atoms with Crippen molar-refractivity contribution < 1.29 is 9.53 Å². The molecule has 0 unspecified atom stereocenters. The number of hydrogen-bond acceptors (Lipinski definition) is 2. The van der Waals surface area contributed by atoms with Crippen molar-refractivity contribution in [3.05, 3.63) is 0 Å². The summed E-state index contributed by atoms with van der Waals surface area (Å²) in [7, 11) is 1.36. The smallest absolute Gasteiger partial charge is 0.336 e. The highest BCUT2D eigenvalue weighted by Crippen LogP contribution is 2.61. The zero-order valence-corrected chi connectivity index (χ0v) is 24.4. The molecule has 0 aliphatic heterocycles. The molecule has 0 aliphatic rings. The number of rotatable bonds is 14. The predicted octanol–water partition coefficient (Wildman–Crippen LogP) is 8.93. The number of halogens is 6. The summed E-state index contributed by atoms with van der Waals surface area (Å²) in [6.45, 7) is 2.25. The van der Waals surface area contributed by atoms with E-state index in [1.165, 1.54) is 64.9 Å². The monoisotopic (exact) mass is 738 g/mol. The number of alkyl halides is 6. The van der Waals surface area contributed by atoms with Gasteiger partial charge in [-0.3, -0.25) is 0 Å². The molecule has 0 N–H and O–H groups in total. The summed E-state index contributed by atoms with van der Waals surface area (Å²) in [6.07, 6.45) is 13.8. The first-order valence-corrected chi connectivity index (χ1v) is 13.5. The quantitative estimate of drug-likeness (QED) is 0.101. The van der Waals surface area contributed by atoms with Gasteiger partial charge in [-0.15, -0.1) is 0 Å². The second-order valence-corrected chi connectivity index (χ2v) is 16.9. The molecule has 0 aromatic rings. The van der Waals surface area contributed by atoms with Gasteiger partial charge < -0.3 is 4.74 Å². The van der Waals surface area contributed by atoms with E-state index in [1.54, 1.807) is 0 Å². The molecule has 2 nitrogen and oxygen atoms in total. The molecule has 150 valence electrons. The van der Waals surface area contributed by atoms with Crippen LogP contribution in [0.4, 0.5) is 0 Å². The van der Waals surface area contributed by atoms with Crippen LogP contribution in [0.5, 0.6) is 0 Å². The Morgan fingerprint density at radius 2 is 1.16 bits per heavy atom. The second-order valence-electron chi connectivity index (χ2n) is 6.28. The lowest BCUT2D eigenvalue weighted by atomic mass is 10.0. The minimum absolute atomic E-state index is 0.424. The van der Waals surface area contributed by atoms with Crippen LogP contribution in [0.15, 0.2) is 0 Å². The molecule has 0 saturated heterocycles. The lowest BCUT2D eigenvalue weighted by molar-refractivity contribution is -0.140. The van der Waals surface area contributed by atoms with Crippen molar-refractivity contribution >= 4 is 102 Å². The van der Waals surface area contributed by atoms with E-state index >= 15 is 0 Å². The fourth-order valence-electron chi connectivity index (χ4n) is 2.48. The lowest BCUT2D eigenvalue weighted by Crippen LogP contribution is -2.52. The number of unbranched alkanes of at least 4 members (excludes halogenated alkanes) is 9. The van der Waals surface area contributed by atoms with E-state index in [-0.39, 0.29) is 0 Å². The maximum atomic E-state index is 12.1. The van der Waals surface area contributed by atoms with Crippen molar-refractivity contribution in [3.8, 4) is 0 Å². The first-order valence-electron chi connectivity index (χ1n) is 8.76. The molecule has 0 aromatic heterocycles. The molecule has 0 bridgehead atoms. The Kier molecular flexibility index (Phi) is 14.8. The fourth-order valence-corrected chi connectivity index (χ4v) is 6.42. The average Bonchev–Trinajstić information content (AvgIpc) is 2.55. The van der Waals surface area contributed by atoms with Crippen LogP contribution < -0.4 is 0 Å². The molecule has 8 heteroatoms. The summed E-state index contributed by atoms with van der Waals surface area (Å²) in [4.78, 5) is 12.1. The minimum atomic E-state index is -1.12. The third-order valence-electron chi connectivity index (χ3n) is 4.14. The SMILES string of the molecule is CCCCCCCCCCCCC(Br)(Br)C(Br)(Br)C(Br)(Br)C(=O)OC. The molecule has 0 rings (SSSR count). The fraction of sp³-hybridized carbons (Fsp3) is 0.941. The zero-order valence-electron chi connectivity index (χ0n) is 14.9. The maximum Gasteiger partial charge on any atom is 0.336 e. The maximum absolute atomic E-state index is 12.1. The summed E-state index contributed by atoms with van der Waals surface area (Å²) in [5.41, 5.74) is 0. The Hall–Kier alpha value is 2.35. The normalized spacial score (nSPS) is 13.1. The molecule has 0 heterocycles. The van der Waals surface area contributed by atoms with Crippen molar-refractivity contribution in [3.63, 3.8) is 0 Å². The van der Waals surface area contributed by atoms with Crippen molar-refractivity contribution in [1.82, 2.24) is 0 Å². The zero-order chi connectivity index (χ0) is 19.6. The molecule has 0 fully saturated rings. The van der Waals surface area contributed by atoms with Gasteiger partial charge in [0.05, 0.1) is 7.11 Å². The van der Waals surface area contributed by atoms with Crippen molar-refractivity contribution in [2.24, 2.45) is 0 Å². The van der Waals surface area contributed by atoms with Crippen LogP contribution in [0.1, 0.15) is 77.6 Å². The van der Waals surface area contributed by atoms with E-state index < -0.39 is 15.7 Å². The summed E-state index contributed by atoms with van der Waals surface area (Å²) < 4.78 is 2.39. The first kappa shape index (κ1) is 27.4. The van der Waals surface area contributed by atoms with Gasteiger partial charge >= 0.3 is 5.97 Å². The molecular weight excluding hydrogens is 716 g/mol. The van der Waals surface area contributed by atoms with Gasteiger partial charge in [-0.05, 0) is 6.42 Å². The molecule has 25 heavy (non-hydrogen) atoms. The van der Waals surface area contributed by atoms with E-state index in [2.05, 4.69) is 103 Å². The van der Waals surface area contributed by atoms with Crippen molar-refractivity contribution in [2.45, 2.75) is 87.3 Å². The summed E-state index contributed by atoms with van der Waals surface area (Å²) in [5.74, 6) is -0.424. The van der Waals surface area contributed by atoms with E-state index in [0.717, 1.165) is 12.8 Å². The van der Waals surface area contributed by atoms with Gasteiger partial charge in [0.2, 0.25) is 3.23 Å². The van der Waals surface area contributed by atoms with Gasteiger partial charge in [0.1, 0.15) is 6.47 Å². The van der Waals surface area contributed by atoms with E-state index in [1.807, 2.05) is 0 Å². The molecule has 0 amide bonds. The number of carbonyl (C=O) groups is 1. The second kappa shape index (κ2) is 13.6. The Morgan fingerprint density at radius 3 is 1.56 bits per heavy atom. The highest BCUT2D eigenvalue weighted by Gasteiger charge is 2.61. The number of hydrogen-bond donors (Lipinski definition) is 0. The Labute approximate surface area is 203 Å². The topological polar surface area (TPSA) is 26.3 Å². The Bertz CT molecular complexity index is 385. The van der Waals surface area contributed by atoms with Crippen molar-refractivity contribution in [2.75, 3.05) is 7.11 Å². The van der Waals surface area contributed by atoms with Crippen LogP contribution >= 0.6 is 95.6 Å². The van der Waals surface area contributed by atoms with Gasteiger partial charge in [0, 0.05) is 0 Å². The number of methoxy groups -OCH3 is 1. The highest BCUT2D eigenvalue weighted by atomic mass is 79.9. The van der Waals surface area contributed by atoms with Crippen LogP contribution in [0.2, 0.25) is 0 Å². The van der Waals surface area contributed by atoms with Crippen LogP contribution in [0, 0.1) is 0 Å².